The highest BCUT2D eigenvalue weighted by molar-refractivity contribution is 6.03. The first-order valence-corrected chi connectivity index (χ1v) is 6.40. The zero-order chi connectivity index (χ0) is 15.0. The SMILES string of the molecule is CCOC(=O)C(N)C(=O)NC(C)C(=O)N(CC)CC. The summed E-state index contributed by atoms with van der Waals surface area (Å²) in [5, 5.41) is 2.41. The third-order valence-electron chi connectivity index (χ3n) is 2.63. The molecule has 0 saturated carbocycles. The molecule has 0 aromatic heterocycles. The minimum atomic E-state index is -1.41. The van der Waals surface area contributed by atoms with Crippen LogP contribution in [0.5, 0.6) is 0 Å². The number of ether oxygens (including phenoxy) is 1. The minimum absolute atomic E-state index is 0.147. The van der Waals surface area contributed by atoms with Crippen LogP contribution in [-0.2, 0) is 19.1 Å². The zero-order valence-electron chi connectivity index (χ0n) is 11.9. The van der Waals surface area contributed by atoms with Crippen molar-refractivity contribution >= 4 is 17.8 Å². The fourth-order valence-electron chi connectivity index (χ4n) is 1.51. The van der Waals surface area contributed by atoms with Crippen LogP contribution in [0.15, 0.2) is 0 Å². The number of nitrogens with zero attached hydrogens (tertiary/aromatic N) is 1. The van der Waals surface area contributed by atoms with Crippen molar-refractivity contribution in [2.75, 3.05) is 19.7 Å². The van der Waals surface area contributed by atoms with Crippen LogP contribution in [0.25, 0.3) is 0 Å². The third kappa shape index (κ3) is 5.25. The molecule has 7 heteroatoms. The molecular formula is C12H23N3O4. The lowest BCUT2D eigenvalue weighted by Gasteiger charge is -2.24. The summed E-state index contributed by atoms with van der Waals surface area (Å²) in [6, 6.07) is -2.14. The number of carbonyl (C=O) groups excluding carboxylic acids is 3. The van der Waals surface area contributed by atoms with Gasteiger partial charge in [-0.3, -0.25) is 9.59 Å². The Kier molecular flexibility index (Phi) is 7.74. The van der Waals surface area contributed by atoms with Crippen molar-refractivity contribution in [3.8, 4) is 0 Å². The molecule has 0 aliphatic rings. The van der Waals surface area contributed by atoms with E-state index < -0.39 is 24.0 Å². The number of nitrogens with one attached hydrogen (secondary N) is 1. The fourth-order valence-corrected chi connectivity index (χ4v) is 1.51. The van der Waals surface area contributed by atoms with Crippen molar-refractivity contribution in [2.45, 2.75) is 39.8 Å². The van der Waals surface area contributed by atoms with E-state index in [1.54, 1.807) is 18.7 Å². The standard InChI is InChI=1S/C12H23N3O4/c1-5-15(6-2)11(17)8(4)14-10(16)9(13)12(18)19-7-3/h8-9H,5-7,13H2,1-4H3,(H,14,16). The van der Waals surface area contributed by atoms with E-state index in [9.17, 15) is 14.4 Å². The van der Waals surface area contributed by atoms with Crippen molar-refractivity contribution in [1.82, 2.24) is 10.2 Å². The van der Waals surface area contributed by atoms with Crippen molar-refractivity contribution in [3.63, 3.8) is 0 Å². The van der Waals surface area contributed by atoms with Crippen molar-refractivity contribution < 1.29 is 19.1 Å². The maximum atomic E-state index is 11.9. The summed E-state index contributed by atoms with van der Waals surface area (Å²) in [5.41, 5.74) is 5.42. The van der Waals surface area contributed by atoms with Gasteiger partial charge >= 0.3 is 5.97 Å². The Morgan fingerprint density at radius 1 is 1.21 bits per heavy atom. The fraction of sp³-hybridized carbons (Fsp3) is 0.750. The summed E-state index contributed by atoms with van der Waals surface area (Å²) >= 11 is 0. The van der Waals surface area contributed by atoms with Gasteiger partial charge in [-0.1, -0.05) is 0 Å². The Balaban J connectivity index is 4.47. The van der Waals surface area contributed by atoms with Crippen LogP contribution in [0.4, 0.5) is 0 Å². The molecule has 0 aliphatic carbocycles. The third-order valence-corrected chi connectivity index (χ3v) is 2.63. The van der Waals surface area contributed by atoms with Gasteiger partial charge in [-0.05, 0) is 27.7 Å². The molecule has 0 aromatic carbocycles. The first-order valence-electron chi connectivity index (χ1n) is 6.40. The number of esters is 1. The summed E-state index contributed by atoms with van der Waals surface area (Å²) in [4.78, 5) is 36.4. The molecule has 2 atom stereocenters. The van der Waals surface area contributed by atoms with Gasteiger partial charge in [-0.2, -0.15) is 0 Å². The van der Waals surface area contributed by atoms with E-state index in [1.807, 2.05) is 13.8 Å². The van der Waals surface area contributed by atoms with Gasteiger partial charge in [0.15, 0.2) is 6.04 Å². The summed E-state index contributed by atoms with van der Waals surface area (Å²) < 4.78 is 4.64. The lowest BCUT2D eigenvalue weighted by atomic mass is 10.2. The predicted octanol–water partition coefficient (Wildman–Crippen LogP) is -0.750. The van der Waals surface area contributed by atoms with Gasteiger partial charge in [0.2, 0.25) is 11.8 Å². The van der Waals surface area contributed by atoms with Gasteiger partial charge in [-0.25, -0.2) is 4.79 Å². The number of hydrogen-bond acceptors (Lipinski definition) is 5. The number of rotatable bonds is 7. The smallest absolute Gasteiger partial charge is 0.332 e. The first-order chi connectivity index (χ1) is 8.88. The molecule has 0 fully saturated rings. The van der Waals surface area contributed by atoms with E-state index in [0.29, 0.717) is 13.1 Å². The monoisotopic (exact) mass is 273 g/mol. The average molecular weight is 273 g/mol. The molecule has 0 aromatic rings. The lowest BCUT2D eigenvalue weighted by molar-refractivity contribution is -0.149. The summed E-state index contributed by atoms with van der Waals surface area (Å²) in [6.45, 7) is 8.12. The van der Waals surface area contributed by atoms with Gasteiger partial charge < -0.3 is 20.7 Å². The number of amides is 2. The molecule has 2 unspecified atom stereocenters. The molecule has 3 N–H and O–H groups in total. The number of likely N-dealkylation sites (N-methyl/N-ethyl adjacent to an activating group) is 1. The first kappa shape index (κ1) is 17.4. The Morgan fingerprint density at radius 2 is 1.74 bits per heavy atom. The molecule has 7 nitrogen and oxygen atoms in total. The second-order valence-corrected chi connectivity index (χ2v) is 3.97. The quantitative estimate of drug-likeness (QED) is 0.469. The zero-order valence-corrected chi connectivity index (χ0v) is 11.9. The molecule has 0 rings (SSSR count). The highest BCUT2D eigenvalue weighted by atomic mass is 16.5. The molecule has 110 valence electrons. The van der Waals surface area contributed by atoms with E-state index in [1.165, 1.54) is 0 Å². The van der Waals surface area contributed by atoms with Gasteiger partial charge in [0.25, 0.3) is 0 Å². The van der Waals surface area contributed by atoms with E-state index in [4.69, 9.17) is 5.73 Å². The molecule has 0 radical (unpaired) electrons. The van der Waals surface area contributed by atoms with Gasteiger partial charge in [0.1, 0.15) is 6.04 Å². The van der Waals surface area contributed by atoms with Crippen LogP contribution in [0, 0.1) is 0 Å². The molecule has 0 saturated heterocycles. The van der Waals surface area contributed by atoms with E-state index in [0.717, 1.165) is 0 Å². The van der Waals surface area contributed by atoms with Crippen LogP contribution in [0.1, 0.15) is 27.7 Å². The van der Waals surface area contributed by atoms with E-state index in [2.05, 4.69) is 10.1 Å². The topological polar surface area (TPSA) is 102 Å². The molecule has 2 amide bonds. The Hall–Kier alpha value is -1.63. The number of nitrogens with two attached hydrogens (primary N) is 1. The summed E-state index contributed by atoms with van der Waals surface area (Å²) in [5.74, 6) is -1.73. The molecular weight excluding hydrogens is 250 g/mol. The average Bonchev–Trinajstić information content (AvgIpc) is 2.39. The maximum Gasteiger partial charge on any atom is 0.332 e. The van der Waals surface area contributed by atoms with Gasteiger partial charge in [0, 0.05) is 13.1 Å². The highest BCUT2D eigenvalue weighted by Gasteiger charge is 2.27. The van der Waals surface area contributed by atoms with Crippen molar-refractivity contribution in [1.29, 1.82) is 0 Å². The van der Waals surface area contributed by atoms with Crippen molar-refractivity contribution in [3.05, 3.63) is 0 Å². The Labute approximate surface area is 113 Å². The largest absolute Gasteiger partial charge is 0.464 e. The Bertz CT molecular complexity index is 329. The molecule has 0 heterocycles. The van der Waals surface area contributed by atoms with Crippen molar-refractivity contribution in [2.24, 2.45) is 5.73 Å². The van der Waals surface area contributed by atoms with Gasteiger partial charge in [0.05, 0.1) is 6.61 Å². The van der Waals surface area contributed by atoms with Crippen LogP contribution in [0.3, 0.4) is 0 Å². The van der Waals surface area contributed by atoms with E-state index in [-0.39, 0.29) is 12.5 Å². The highest BCUT2D eigenvalue weighted by Crippen LogP contribution is 1.96. The van der Waals surface area contributed by atoms with Crippen LogP contribution in [-0.4, -0.2) is 54.5 Å². The summed E-state index contributed by atoms with van der Waals surface area (Å²) in [6.07, 6.45) is 0. The molecule has 0 aliphatic heterocycles. The second-order valence-electron chi connectivity index (χ2n) is 3.97. The number of hydrogen-bond donors (Lipinski definition) is 2. The lowest BCUT2D eigenvalue weighted by Crippen LogP contribution is -2.53. The molecule has 0 bridgehead atoms. The van der Waals surface area contributed by atoms with E-state index >= 15 is 0 Å². The van der Waals surface area contributed by atoms with Gasteiger partial charge in [-0.15, -0.1) is 0 Å². The van der Waals surface area contributed by atoms with Crippen LogP contribution >= 0.6 is 0 Å². The predicted molar refractivity (Wildman–Crippen MR) is 70.1 cm³/mol. The Morgan fingerprint density at radius 3 is 2.16 bits per heavy atom. The maximum absolute atomic E-state index is 11.9. The van der Waals surface area contributed by atoms with Crippen LogP contribution < -0.4 is 11.1 Å². The molecule has 0 spiro atoms. The normalized spacial score (nSPS) is 13.3. The number of carbonyl (C=O) groups is 3. The minimum Gasteiger partial charge on any atom is -0.464 e. The second kappa shape index (κ2) is 8.47. The summed E-state index contributed by atoms with van der Waals surface area (Å²) in [7, 11) is 0. The van der Waals surface area contributed by atoms with Crippen LogP contribution in [0.2, 0.25) is 0 Å². The molecule has 19 heavy (non-hydrogen) atoms.